The molecule has 0 bridgehead atoms. The largest absolute Gasteiger partial charge is 0.402 e. The first-order valence-electron chi connectivity index (χ1n) is 12.0. The minimum atomic E-state index is -0.0873. The van der Waals surface area contributed by atoms with Crippen molar-refractivity contribution in [3.63, 3.8) is 0 Å². The molecule has 3 aromatic rings. The molecule has 2 aromatic carbocycles. The normalized spacial score (nSPS) is 11.2. The van der Waals surface area contributed by atoms with Crippen LogP contribution in [0, 0.1) is 0 Å². The maximum absolute atomic E-state index is 12.0. The average Bonchev–Trinajstić information content (AvgIpc) is 3.36. The van der Waals surface area contributed by atoms with E-state index in [2.05, 4.69) is 26.1 Å². The fraction of sp³-hybridized carbons (Fsp3) is 0.259. The Bertz CT molecular complexity index is 1130. The molecule has 0 saturated heterocycles. The van der Waals surface area contributed by atoms with Gasteiger partial charge in [-0.1, -0.05) is 72.0 Å². The van der Waals surface area contributed by atoms with Gasteiger partial charge in [0.1, 0.15) is 5.01 Å². The Kier molecular flexibility index (Phi) is 13.6. The van der Waals surface area contributed by atoms with Crippen molar-refractivity contribution < 1.29 is 9.59 Å². The summed E-state index contributed by atoms with van der Waals surface area (Å²) in [5.74, 6) is 0.490. The Labute approximate surface area is 222 Å². The van der Waals surface area contributed by atoms with E-state index >= 15 is 0 Å². The number of carbonyl (C=O) groups is 2. The van der Waals surface area contributed by atoms with Crippen LogP contribution in [-0.4, -0.2) is 29.6 Å². The first-order valence-corrected chi connectivity index (χ1v) is 12.8. The van der Waals surface area contributed by atoms with Gasteiger partial charge >= 0.3 is 0 Å². The molecule has 0 aliphatic heterocycles. The van der Waals surface area contributed by atoms with Crippen LogP contribution in [0.25, 0.3) is 0 Å². The summed E-state index contributed by atoms with van der Waals surface area (Å²) in [7, 11) is 1.76. The number of rotatable bonds is 13. The molecule has 0 saturated carbocycles. The van der Waals surface area contributed by atoms with Gasteiger partial charge in [-0.25, -0.2) is 0 Å². The Morgan fingerprint density at radius 3 is 2.27 bits per heavy atom. The summed E-state index contributed by atoms with van der Waals surface area (Å²) in [5, 5.41) is 17.9. The molecule has 37 heavy (non-hydrogen) atoms. The van der Waals surface area contributed by atoms with Crippen molar-refractivity contribution >= 4 is 28.8 Å². The predicted octanol–water partition coefficient (Wildman–Crippen LogP) is 3.23. The fourth-order valence-electron chi connectivity index (χ4n) is 3.07. The van der Waals surface area contributed by atoms with Gasteiger partial charge in [0, 0.05) is 25.7 Å². The van der Waals surface area contributed by atoms with Crippen molar-refractivity contribution in [1.82, 2.24) is 20.8 Å². The summed E-state index contributed by atoms with van der Waals surface area (Å²) in [6, 6.07) is 19.4. The highest BCUT2D eigenvalue weighted by atomic mass is 32.1. The van der Waals surface area contributed by atoms with E-state index in [1.807, 2.05) is 66.7 Å². The second-order valence-corrected chi connectivity index (χ2v) is 9.08. The Balaban J connectivity index is 0.000000402. The molecule has 1 aromatic heterocycles. The zero-order valence-electron chi connectivity index (χ0n) is 21.0. The van der Waals surface area contributed by atoms with Crippen molar-refractivity contribution in [2.75, 3.05) is 12.4 Å². The van der Waals surface area contributed by atoms with E-state index in [1.165, 1.54) is 11.3 Å². The molecule has 9 nitrogen and oxygen atoms in total. The molecule has 2 amide bonds. The molecule has 3 rings (SSSR count). The van der Waals surface area contributed by atoms with Crippen molar-refractivity contribution in [2.45, 2.75) is 38.6 Å². The minimum Gasteiger partial charge on any atom is -0.402 e. The topological polar surface area (TPSA) is 148 Å². The number of carbonyl (C=O) groups excluding carboxylic acids is 2. The molecular weight excluding hydrogens is 486 g/mol. The summed E-state index contributed by atoms with van der Waals surface area (Å²) in [4.78, 5) is 21.9. The van der Waals surface area contributed by atoms with Crippen LogP contribution in [0.4, 0.5) is 5.13 Å². The molecule has 0 radical (unpaired) electrons. The van der Waals surface area contributed by atoms with Crippen molar-refractivity contribution in [1.29, 1.82) is 0 Å². The van der Waals surface area contributed by atoms with Gasteiger partial charge in [-0.3, -0.25) is 9.59 Å². The second-order valence-electron chi connectivity index (χ2n) is 8.02. The van der Waals surface area contributed by atoms with Gasteiger partial charge in [0.25, 0.3) is 0 Å². The van der Waals surface area contributed by atoms with Crippen LogP contribution in [0.15, 0.2) is 84.3 Å². The van der Waals surface area contributed by atoms with Crippen LogP contribution >= 0.6 is 11.3 Å². The zero-order chi connectivity index (χ0) is 26.7. The van der Waals surface area contributed by atoms with Gasteiger partial charge in [-0.15, -0.1) is 10.2 Å². The van der Waals surface area contributed by atoms with Crippen LogP contribution in [0.5, 0.6) is 0 Å². The van der Waals surface area contributed by atoms with E-state index in [1.54, 1.807) is 13.1 Å². The molecule has 0 atom stereocenters. The van der Waals surface area contributed by atoms with Crippen LogP contribution < -0.4 is 27.4 Å². The maximum atomic E-state index is 12.0. The number of hydrogen-bond donors (Lipinski definition) is 5. The molecule has 7 N–H and O–H groups in total. The number of nitrogens with two attached hydrogens (primary N) is 2. The van der Waals surface area contributed by atoms with E-state index in [0.717, 1.165) is 47.5 Å². The lowest BCUT2D eigenvalue weighted by Crippen LogP contribution is -2.14. The van der Waals surface area contributed by atoms with E-state index in [4.69, 9.17) is 11.5 Å². The highest BCUT2D eigenvalue weighted by Gasteiger charge is 2.09. The minimum absolute atomic E-state index is 0.0873. The summed E-state index contributed by atoms with van der Waals surface area (Å²) in [6.07, 6.45) is 8.11. The molecule has 0 spiro atoms. The average molecular weight is 522 g/mol. The zero-order valence-corrected chi connectivity index (χ0v) is 21.8. The van der Waals surface area contributed by atoms with Crippen molar-refractivity contribution in [3.05, 3.63) is 100 Å². The number of unbranched alkanes of at least 4 members (excludes halogenated alkanes) is 1. The third-order valence-electron chi connectivity index (χ3n) is 5.02. The monoisotopic (exact) mass is 521 g/mol. The van der Waals surface area contributed by atoms with Gasteiger partial charge in [-0.2, -0.15) is 0 Å². The third kappa shape index (κ3) is 12.9. The number of allylic oxidation sites excluding steroid dienone is 3. The quantitative estimate of drug-likeness (QED) is 0.132. The molecule has 1 heterocycles. The first-order chi connectivity index (χ1) is 18.0. The highest BCUT2D eigenvalue weighted by Crippen LogP contribution is 2.18. The van der Waals surface area contributed by atoms with Crippen molar-refractivity contribution in [3.8, 4) is 0 Å². The molecule has 196 valence electrons. The second kappa shape index (κ2) is 17.3. The number of amides is 2. The lowest BCUT2D eigenvalue weighted by Gasteiger charge is -2.01. The Morgan fingerprint density at radius 2 is 1.62 bits per heavy atom. The predicted molar refractivity (Wildman–Crippen MR) is 149 cm³/mol. The number of benzene rings is 2. The Morgan fingerprint density at radius 1 is 0.946 bits per heavy atom. The first kappa shape index (κ1) is 29.1. The van der Waals surface area contributed by atoms with Gasteiger partial charge in [-0.05, 0) is 42.5 Å². The highest BCUT2D eigenvalue weighted by molar-refractivity contribution is 7.15. The number of nitrogens with zero attached hydrogens (tertiary/aromatic N) is 2. The summed E-state index contributed by atoms with van der Waals surface area (Å²) >= 11 is 1.41. The molecule has 0 fully saturated rings. The van der Waals surface area contributed by atoms with Gasteiger partial charge < -0.3 is 27.4 Å². The lowest BCUT2D eigenvalue weighted by molar-refractivity contribution is -0.115. The number of hydrogen-bond acceptors (Lipinski definition) is 8. The molecule has 10 heteroatoms. The van der Waals surface area contributed by atoms with E-state index < -0.39 is 0 Å². The van der Waals surface area contributed by atoms with E-state index in [-0.39, 0.29) is 5.91 Å². The number of aryl methyl sites for hydroxylation is 1. The molecule has 0 unspecified atom stereocenters. The van der Waals surface area contributed by atoms with Gasteiger partial charge in [0.05, 0.1) is 12.2 Å². The van der Waals surface area contributed by atoms with E-state index in [9.17, 15) is 9.59 Å². The maximum Gasteiger partial charge on any atom is 0.230 e. The lowest BCUT2D eigenvalue weighted by atomic mass is 10.1. The number of anilines is 1. The van der Waals surface area contributed by atoms with Crippen LogP contribution in [0.1, 0.15) is 35.4 Å². The van der Waals surface area contributed by atoms with E-state index in [0.29, 0.717) is 30.3 Å². The summed E-state index contributed by atoms with van der Waals surface area (Å²) in [6.45, 7) is 0.615. The van der Waals surface area contributed by atoms with Crippen LogP contribution in [0.2, 0.25) is 0 Å². The summed E-state index contributed by atoms with van der Waals surface area (Å²) < 4.78 is 0. The summed E-state index contributed by atoms with van der Waals surface area (Å²) in [5.41, 5.74) is 14.5. The standard InChI is InChI=1S/C19H26N6OS.C8H9NO/c1-22-16(21)12-11-15(20)9-5-6-10-18-24-25-19(27-18)23-17(26)13-14-7-3-2-4-8-14;10-7-9-6-8-4-2-1-3-5-8/h2-4,7-8,11-12,22H,5-6,9-10,13,20-21H2,1H3,(H,23,25,26);1-5,7H,6H2,(H,9,10)/b15-11-,16-12+;. The van der Waals surface area contributed by atoms with Crippen LogP contribution in [0.3, 0.4) is 0 Å². The van der Waals surface area contributed by atoms with Crippen LogP contribution in [-0.2, 0) is 29.0 Å². The molecule has 0 aliphatic rings. The van der Waals surface area contributed by atoms with Crippen molar-refractivity contribution in [2.24, 2.45) is 11.5 Å². The Hall–Kier alpha value is -4.18. The van der Waals surface area contributed by atoms with Gasteiger partial charge in [0.2, 0.25) is 17.4 Å². The fourth-order valence-corrected chi connectivity index (χ4v) is 3.87. The molecule has 0 aliphatic carbocycles. The smallest absolute Gasteiger partial charge is 0.230 e. The third-order valence-corrected chi connectivity index (χ3v) is 5.92. The van der Waals surface area contributed by atoms with Gasteiger partial charge in [0.15, 0.2) is 0 Å². The molecular formula is C27H35N7O2S. The number of aromatic nitrogens is 2. The number of nitrogens with one attached hydrogen (secondary N) is 3. The SMILES string of the molecule is CN/C(N)=C/C=C(\N)CCCCc1nnc(NC(=O)Cc2ccccc2)s1.O=CNCc1ccccc1.